The van der Waals surface area contributed by atoms with Crippen LogP contribution in [-0.4, -0.2) is 185 Å². The second kappa shape index (κ2) is 30.4. The van der Waals surface area contributed by atoms with E-state index in [2.05, 4.69) is 26.6 Å². The van der Waals surface area contributed by atoms with Gasteiger partial charge >= 0.3 is 5.97 Å². The van der Waals surface area contributed by atoms with Gasteiger partial charge in [-0.05, 0) is 110 Å². The number of Topliss-reactive ketones (excluding diaryl/α,β-unsaturated/α-hetero) is 2. The molecule has 12 rings (SSSR count). The molecule has 5 aromatic rings. The van der Waals surface area contributed by atoms with Gasteiger partial charge in [-0.2, -0.15) is 0 Å². The number of aliphatic hydroxyl groups excluding tert-OH is 6. The molecule has 7 aliphatic rings. The van der Waals surface area contributed by atoms with Crippen molar-refractivity contribution in [3.8, 4) is 57.1 Å². The minimum atomic E-state index is -2.24. The van der Waals surface area contributed by atoms with E-state index in [1.807, 2.05) is 13.8 Å². The van der Waals surface area contributed by atoms with E-state index >= 15 is 14.4 Å². The number of phenols is 3. The highest BCUT2D eigenvalue weighted by Gasteiger charge is 2.51. The summed E-state index contributed by atoms with van der Waals surface area (Å²) in [5.41, 5.74) is 8.47. The van der Waals surface area contributed by atoms with E-state index in [1.165, 1.54) is 39.1 Å². The number of hydrogen-bond acceptors (Lipinski definition) is 25. The van der Waals surface area contributed by atoms with Crippen LogP contribution in [0.5, 0.6) is 46.0 Å². The average Bonchev–Trinajstić information content (AvgIpc) is 0.775. The number of rotatable bonds is 13. The van der Waals surface area contributed by atoms with Gasteiger partial charge < -0.3 is 118 Å². The van der Waals surface area contributed by atoms with Gasteiger partial charge in [0, 0.05) is 54.0 Å². The molecule has 0 aliphatic carbocycles. The van der Waals surface area contributed by atoms with Crippen LogP contribution in [0, 0.1) is 11.8 Å². The van der Waals surface area contributed by atoms with Crippen LogP contribution >= 0.6 is 23.2 Å². The van der Waals surface area contributed by atoms with E-state index in [4.69, 9.17) is 63.1 Å². The standard InChI is InChI=1S/C68H77Cl2N7O24/c1-25(2)12-38(73-5)64(92)76-53-41(82)16-31(19-48(71)84)62(90)74-51-30-17-45(97-43-10-7-28(55(53)85)14-36(43)69)59(101-67-60(58(88)57(87)47(24-78)99-67)100-49-23-68(4,72)61(89)26(3)96-49)46(18-30)98-44-11-8-29(15-37(44)70)56(86)54-65(93)75-52(66(94)95)35-20-32(79)21-40(81)50(35)34-13-27(6-9-39(34)80)33(22-42(51)83)63(91)77-54/h6-11,13-15,17-18,20-21,25-26,31,33,38,47,49,51-58,60-61,67,73,78-81,85-89H,12,16,19,22-24,72H2,1-5H3,(H2,71,84)(H,74,90)(H,75,93)(H,76,92)(H,77,91)(H,94,95)/t26-,31-,33+,38+,47+,49?,51+,52+,53-,54?,55+,56+,57+,58-,60+,61+,67?,68-/m0/s1. The number of benzene rings is 5. The van der Waals surface area contributed by atoms with E-state index in [9.17, 15) is 75.0 Å². The first kappa shape index (κ1) is 74.9. The number of nitrogens with two attached hydrogens (primary N) is 2. The van der Waals surface area contributed by atoms with Crippen molar-refractivity contribution < 1.29 is 118 Å². The van der Waals surface area contributed by atoms with Crippen molar-refractivity contribution in [2.24, 2.45) is 23.3 Å². The zero-order valence-corrected chi connectivity index (χ0v) is 56.3. The maximum Gasteiger partial charge on any atom is 0.330 e. The van der Waals surface area contributed by atoms with Crippen LogP contribution < -0.4 is 52.3 Å². The molecule has 7 heterocycles. The normalized spacial score (nSPS) is 29.6. The Bertz CT molecular complexity index is 4070. The molecule has 2 fully saturated rings. The van der Waals surface area contributed by atoms with Crippen molar-refractivity contribution in [1.82, 2.24) is 26.6 Å². The lowest BCUT2D eigenvalue weighted by molar-refractivity contribution is -0.333. The lowest BCUT2D eigenvalue weighted by Crippen LogP contribution is -2.64. The smallest absolute Gasteiger partial charge is 0.330 e. The zero-order valence-electron chi connectivity index (χ0n) is 54.7. The van der Waals surface area contributed by atoms with Gasteiger partial charge in [-0.15, -0.1) is 0 Å². The summed E-state index contributed by atoms with van der Waals surface area (Å²) in [4.78, 5) is 117. The third kappa shape index (κ3) is 16.0. The molecule has 0 aromatic heterocycles. The largest absolute Gasteiger partial charge is 0.508 e. The topological polar surface area (TPSA) is 506 Å². The molecule has 101 heavy (non-hydrogen) atoms. The molecule has 542 valence electrons. The summed E-state index contributed by atoms with van der Waals surface area (Å²) in [6.45, 7) is 5.72. The Balaban J connectivity index is 1.24. The van der Waals surface area contributed by atoms with Gasteiger partial charge in [0.05, 0.1) is 46.7 Å². The predicted octanol–water partition coefficient (Wildman–Crippen LogP) is 2.08. The van der Waals surface area contributed by atoms with Gasteiger partial charge in [-0.3, -0.25) is 33.6 Å². The van der Waals surface area contributed by atoms with Gasteiger partial charge in [0.25, 0.3) is 0 Å². The lowest BCUT2D eigenvalue weighted by Gasteiger charge is -2.47. The molecular formula is C68H77Cl2N7O24. The van der Waals surface area contributed by atoms with Crippen molar-refractivity contribution in [3.05, 3.63) is 117 Å². The summed E-state index contributed by atoms with van der Waals surface area (Å²) >= 11 is 14.1. The van der Waals surface area contributed by atoms with Crippen molar-refractivity contribution in [3.63, 3.8) is 0 Å². The van der Waals surface area contributed by atoms with Gasteiger partial charge in [-0.25, -0.2) is 4.79 Å². The molecule has 0 spiro atoms. The third-order valence-electron chi connectivity index (χ3n) is 18.4. The molecule has 3 unspecified atom stereocenters. The number of hydrogen-bond donors (Lipinski definition) is 17. The fourth-order valence-electron chi connectivity index (χ4n) is 13.0. The SMILES string of the molecule is CN[C@H](CC(C)C)C(=O)N[C@H]1C(=O)C[C@@H](CC(N)=O)C(=O)N[C@H]2C(=O)C[C@H]3C(=O)NC(C(=O)N[C@@H](C(=O)O)c4cc(O)cc(O)c4-c4cc3ccc4O)[C@H](O)c3ccc(c(Cl)c3)Oc3cc2cc(c3OC2O[C@H](CO)[C@@H](O)[C@H](O)[C@H]2OC2C[C@](C)(N)[C@H](O)[C@H](C)O2)Oc2ccc(cc2Cl)[C@H]1O. The highest BCUT2D eigenvalue weighted by atomic mass is 35.5. The number of carbonyl (C=O) groups is 8. The number of carbonyl (C=O) groups excluding carboxylic acids is 7. The summed E-state index contributed by atoms with van der Waals surface area (Å²) in [6.07, 6.45) is -20.3. The van der Waals surface area contributed by atoms with E-state index < -0.39 is 238 Å². The number of primary amides is 1. The summed E-state index contributed by atoms with van der Waals surface area (Å²) < 4.78 is 38.4. The number of aromatic hydroxyl groups is 3. The Morgan fingerprint density at radius 3 is 1.96 bits per heavy atom. The minimum absolute atomic E-state index is 0.0768. The molecule has 0 saturated carbocycles. The first-order chi connectivity index (χ1) is 47.7. The van der Waals surface area contributed by atoms with Crippen molar-refractivity contribution in [2.75, 3.05) is 13.7 Å². The number of aliphatic hydroxyl groups is 6. The molecule has 2 saturated heterocycles. The van der Waals surface area contributed by atoms with Gasteiger partial charge in [0.2, 0.25) is 41.6 Å². The average molecular weight is 1450 g/mol. The van der Waals surface area contributed by atoms with Crippen LogP contribution in [0.15, 0.2) is 78.9 Å². The molecular weight excluding hydrogens is 1370 g/mol. The Morgan fingerprint density at radius 2 is 1.38 bits per heavy atom. The molecule has 18 atom stereocenters. The maximum atomic E-state index is 16.1. The van der Waals surface area contributed by atoms with Crippen molar-refractivity contribution in [1.29, 1.82) is 0 Å². The van der Waals surface area contributed by atoms with E-state index in [1.54, 1.807) is 0 Å². The van der Waals surface area contributed by atoms with Gasteiger partial charge in [0.15, 0.2) is 41.5 Å². The number of phenolic OH excluding ortho intramolecular Hbond substituents is 3. The molecule has 33 heteroatoms. The molecule has 0 radical (unpaired) electrons. The summed E-state index contributed by atoms with van der Waals surface area (Å²) in [5.74, 6) is -18.5. The van der Waals surface area contributed by atoms with Crippen molar-refractivity contribution >= 4 is 70.3 Å². The van der Waals surface area contributed by atoms with E-state index in [0.717, 1.165) is 60.7 Å². The first-order valence-electron chi connectivity index (χ1n) is 32.1. The van der Waals surface area contributed by atoms with Crippen LogP contribution in [-0.2, 0) is 52.6 Å². The van der Waals surface area contributed by atoms with Crippen LogP contribution in [0.25, 0.3) is 11.1 Å². The second-order valence-corrected chi connectivity index (χ2v) is 27.1. The summed E-state index contributed by atoms with van der Waals surface area (Å²) in [7, 11) is 1.49. The lowest BCUT2D eigenvalue weighted by atomic mass is 9.84. The zero-order chi connectivity index (χ0) is 73.5. The highest BCUT2D eigenvalue weighted by molar-refractivity contribution is 6.32. The van der Waals surface area contributed by atoms with Crippen LogP contribution in [0.4, 0.5) is 0 Å². The Hall–Kier alpha value is -8.80. The number of carboxylic acid groups (broad SMARTS) is 1. The van der Waals surface area contributed by atoms with Crippen LogP contribution in [0.3, 0.4) is 0 Å². The maximum absolute atomic E-state index is 16.1. The molecule has 11 bridgehead atoms. The van der Waals surface area contributed by atoms with E-state index in [-0.39, 0.29) is 57.5 Å². The van der Waals surface area contributed by atoms with E-state index in [0.29, 0.717) is 0 Å². The molecule has 7 aliphatic heterocycles. The fourth-order valence-corrected chi connectivity index (χ4v) is 13.5. The second-order valence-electron chi connectivity index (χ2n) is 26.3. The monoisotopic (exact) mass is 1450 g/mol. The first-order valence-corrected chi connectivity index (χ1v) is 32.8. The molecule has 5 amide bonds. The van der Waals surface area contributed by atoms with Crippen LogP contribution in [0.2, 0.25) is 10.0 Å². The van der Waals surface area contributed by atoms with Gasteiger partial charge in [-0.1, -0.05) is 55.2 Å². The predicted molar refractivity (Wildman–Crippen MR) is 352 cm³/mol. The fraction of sp³-hybridized carbons (Fsp3) is 0.441. The molecule has 19 N–H and O–H groups in total. The molecule has 5 aromatic carbocycles. The number of halogens is 2. The number of likely N-dealkylation sites (N-methyl/N-ethyl adjacent to an activating group) is 1. The number of carboxylic acids is 1. The quantitative estimate of drug-likeness (QED) is 0.0802. The number of aliphatic carboxylic acids is 1. The Labute approximate surface area is 585 Å². The Kier molecular flexibility index (Phi) is 22.5. The summed E-state index contributed by atoms with van der Waals surface area (Å²) in [6, 6.07) is 4.58. The van der Waals surface area contributed by atoms with Gasteiger partial charge in [0.1, 0.15) is 77.4 Å². The Morgan fingerprint density at radius 1 is 0.743 bits per heavy atom. The molecule has 31 nitrogen and oxygen atoms in total. The number of nitrogens with one attached hydrogen (secondary N) is 5. The van der Waals surface area contributed by atoms with Crippen molar-refractivity contribution in [2.45, 2.75) is 163 Å². The highest BCUT2D eigenvalue weighted by Crippen LogP contribution is 2.50. The van der Waals surface area contributed by atoms with Crippen LogP contribution in [0.1, 0.15) is 118 Å². The number of amides is 5. The number of ketones is 2. The number of ether oxygens (including phenoxy) is 6. The minimum Gasteiger partial charge on any atom is -0.508 e. The third-order valence-corrected chi connectivity index (χ3v) is 19.0. The number of fused-ring (bicyclic) bond motifs is 15. The summed E-state index contributed by atoms with van der Waals surface area (Å²) in [5, 5.41) is 126.